The van der Waals surface area contributed by atoms with Gasteiger partial charge in [-0.1, -0.05) is 0 Å². The number of nitrogens with one attached hydrogen (secondary N) is 1. The highest BCUT2D eigenvalue weighted by Crippen LogP contribution is 2.14. The van der Waals surface area contributed by atoms with Crippen molar-refractivity contribution in [1.29, 1.82) is 0 Å². The van der Waals surface area contributed by atoms with Crippen LogP contribution in [-0.4, -0.2) is 11.5 Å². The topological polar surface area (TPSA) is 38.3 Å². The molecule has 0 amide bonds. The minimum atomic E-state index is -1.33. The Labute approximate surface area is 51.3 Å². The van der Waals surface area contributed by atoms with Gasteiger partial charge < -0.3 is 10.1 Å². The molecule has 4 heteroatoms. The van der Waals surface area contributed by atoms with Gasteiger partial charge in [-0.25, -0.2) is 0 Å². The third-order valence-corrected chi connectivity index (χ3v) is 1.03. The first-order chi connectivity index (χ1) is 3.77. The number of rotatable bonds is 1. The lowest BCUT2D eigenvalue weighted by Crippen LogP contribution is -2.35. The summed E-state index contributed by atoms with van der Waals surface area (Å²) in [5, 5.41) is 1.14. The Morgan fingerprint density at radius 2 is 2.62 bits per heavy atom. The van der Waals surface area contributed by atoms with Crippen LogP contribution in [0.4, 0.5) is 0 Å². The Hall–Kier alpha value is -0.700. The van der Waals surface area contributed by atoms with Crippen LogP contribution in [0.25, 0.3) is 0 Å². The van der Waals surface area contributed by atoms with Crippen molar-refractivity contribution in [2.45, 2.75) is 5.18 Å². The molecule has 1 atom stereocenters. The second kappa shape index (κ2) is 1.67. The number of ether oxygens (including phenoxy) is 1. The van der Waals surface area contributed by atoms with Gasteiger partial charge in [0.15, 0.2) is 0 Å². The summed E-state index contributed by atoms with van der Waals surface area (Å²) in [5.74, 6) is 0. The van der Waals surface area contributed by atoms with Gasteiger partial charge in [0.05, 0.1) is 0 Å². The molecule has 0 spiro atoms. The fourth-order valence-electron chi connectivity index (χ4n) is 0.377. The molecule has 1 aliphatic heterocycles. The number of aldehydes is 1. The van der Waals surface area contributed by atoms with E-state index in [1.54, 1.807) is 0 Å². The van der Waals surface area contributed by atoms with Gasteiger partial charge in [-0.05, 0) is 11.6 Å². The van der Waals surface area contributed by atoms with Crippen molar-refractivity contribution in [3.05, 3.63) is 12.5 Å². The van der Waals surface area contributed by atoms with Gasteiger partial charge in [0, 0.05) is 6.20 Å². The second-order valence-electron chi connectivity index (χ2n) is 1.33. The normalized spacial score (nSPS) is 33.6. The van der Waals surface area contributed by atoms with E-state index >= 15 is 0 Å². The molecule has 1 unspecified atom stereocenters. The fourth-order valence-corrected chi connectivity index (χ4v) is 0.491. The lowest BCUT2D eigenvalue weighted by Gasteiger charge is -2.11. The van der Waals surface area contributed by atoms with Crippen molar-refractivity contribution in [3.63, 3.8) is 0 Å². The first kappa shape index (κ1) is 5.44. The predicted molar refractivity (Wildman–Crippen MR) is 28.0 cm³/mol. The van der Waals surface area contributed by atoms with E-state index in [1.807, 2.05) is 0 Å². The maximum Gasteiger partial charge on any atom is 0.315 e. The molecule has 0 aromatic carbocycles. The van der Waals surface area contributed by atoms with E-state index < -0.39 is 5.18 Å². The summed E-state index contributed by atoms with van der Waals surface area (Å²) < 4.78 is 4.60. The zero-order valence-corrected chi connectivity index (χ0v) is 4.68. The summed E-state index contributed by atoms with van der Waals surface area (Å²) in [6.45, 7) is 0. The van der Waals surface area contributed by atoms with Crippen LogP contribution in [0.15, 0.2) is 12.5 Å². The molecule has 0 fully saturated rings. The minimum Gasteiger partial charge on any atom is -0.454 e. The number of hydrogen-bond acceptors (Lipinski definition) is 3. The summed E-state index contributed by atoms with van der Waals surface area (Å²) >= 11 is 5.39. The summed E-state index contributed by atoms with van der Waals surface area (Å²) in [5.41, 5.74) is 0. The maximum absolute atomic E-state index is 9.97. The molecule has 1 aliphatic rings. The average Bonchev–Trinajstić information content (AvgIpc) is 2.17. The molecule has 0 saturated heterocycles. The minimum absolute atomic E-state index is 0.481. The van der Waals surface area contributed by atoms with Gasteiger partial charge in [0.1, 0.15) is 6.26 Å². The van der Waals surface area contributed by atoms with Gasteiger partial charge in [0.25, 0.3) is 0 Å². The molecule has 1 heterocycles. The molecule has 3 nitrogen and oxygen atoms in total. The van der Waals surface area contributed by atoms with E-state index in [1.165, 1.54) is 12.5 Å². The van der Waals surface area contributed by atoms with Crippen LogP contribution in [0.3, 0.4) is 0 Å². The molecule has 0 saturated carbocycles. The predicted octanol–water partition coefficient (Wildman–Crippen LogP) is 0.169. The van der Waals surface area contributed by atoms with Crippen molar-refractivity contribution in [1.82, 2.24) is 5.32 Å². The smallest absolute Gasteiger partial charge is 0.315 e. The van der Waals surface area contributed by atoms with Gasteiger partial charge >= 0.3 is 5.18 Å². The lowest BCUT2D eigenvalue weighted by atomic mass is 10.6. The molecular formula is C4H4ClNO2. The molecule has 44 valence electrons. The molecule has 8 heavy (non-hydrogen) atoms. The first-order valence-electron chi connectivity index (χ1n) is 2.03. The van der Waals surface area contributed by atoms with Crippen molar-refractivity contribution >= 4 is 17.9 Å². The number of carbonyl (C=O) groups excluding carboxylic acids is 1. The highest BCUT2D eigenvalue weighted by Gasteiger charge is 2.28. The highest BCUT2D eigenvalue weighted by atomic mass is 35.5. The molecule has 1 N–H and O–H groups in total. The molecule has 0 aromatic rings. The molecule has 0 aliphatic carbocycles. The Morgan fingerprint density at radius 3 is 2.88 bits per heavy atom. The number of hydrogen-bond donors (Lipinski definition) is 1. The zero-order chi connectivity index (χ0) is 6.04. The Kier molecular flexibility index (Phi) is 1.13. The van der Waals surface area contributed by atoms with Crippen molar-refractivity contribution in [3.8, 4) is 0 Å². The van der Waals surface area contributed by atoms with Gasteiger partial charge in [-0.15, -0.1) is 0 Å². The summed E-state index contributed by atoms with van der Waals surface area (Å²) in [7, 11) is 0. The maximum atomic E-state index is 9.97. The van der Waals surface area contributed by atoms with Crippen LogP contribution in [0.5, 0.6) is 0 Å². The Balaban J connectivity index is 2.58. The van der Waals surface area contributed by atoms with E-state index in [4.69, 9.17) is 11.6 Å². The van der Waals surface area contributed by atoms with E-state index in [0.29, 0.717) is 6.29 Å². The van der Waals surface area contributed by atoms with E-state index in [0.717, 1.165) is 0 Å². The number of alkyl halides is 1. The quantitative estimate of drug-likeness (QED) is 0.315. The molecular weight excluding hydrogens is 130 g/mol. The number of halogens is 1. The zero-order valence-electron chi connectivity index (χ0n) is 3.93. The summed E-state index contributed by atoms with van der Waals surface area (Å²) in [6, 6.07) is 0. The summed E-state index contributed by atoms with van der Waals surface area (Å²) in [6.07, 6.45) is 3.26. The van der Waals surface area contributed by atoms with Gasteiger partial charge in [0.2, 0.25) is 6.29 Å². The third kappa shape index (κ3) is 0.767. The van der Waals surface area contributed by atoms with Crippen LogP contribution in [-0.2, 0) is 9.53 Å². The van der Waals surface area contributed by atoms with Crippen LogP contribution < -0.4 is 5.32 Å². The monoisotopic (exact) mass is 133 g/mol. The fraction of sp³-hybridized carbons (Fsp3) is 0.250. The van der Waals surface area contributed by atoms with E-state index in [2.05, 4.69) is 10.1 Å². The van der Waals surface area contributed by atoms with Crippen LogP contribution >= 0.6 is 11.6 Å². The molecule has 0 bridgehead atoms. The van der Waals surface area contributed by atoms with E-state index in [9.17, 15) is 4.79 Å². The van der Waals surface area contributed by atoms with Crippen LogP contribution in [0, 0.1) is 0 Å². The van der Waals surface area contributed by atoms with E-state index in [-0.39, 0.29) is 0 Å². The van der Waals surface area contributed by atoms with Crippen LogP contribution in [0.2, 0.25) is 0 Å². The Morgan fingerprint density at radius 1 is 1.88 bits per heavy atom. The van der Waals surface area contributed by atoms with Crippen molar-refractivity contribution in [2.75, 3.05) is 0 Å². The largest absolute Gasteiger partial charge is 0.454 e. The highest BCUT2D eigenvalue weighted by molar-refractivity contribution is 6.30. The SMILES string of the molecule is O=CC1(Cl)NC=CO1. The summed E-state index contributed by atoms with van der Waals surface area (Å²) in [4.78, 5) is 9.97. The second-order valence-corrected chi connectivity index (χ2v) is 1.89. The number of carbonyl (C=O) groups is 1. The van der Waals surface area contributed by atoms with Gasteiger partial charge in [-0.2, -0.15) is 0 Å². The average molecular weight is 134 g/mol. The molecule has 0 aromatic heterocycles. The Bertz CT molecular complexity index is 126. The van der Waals surface area contributed by atoms with Crippen molar-refractivity contribution in [2.24, 2.45) is 0 Å². The molecule has 0 radical (unpaired) electrons. The van der Waals surface area contributed by atoms with Gasteiger partial charge in [-0.3, -0.25) is 4.79 Å². The standard InChI is InChI=1S/C4H4ClNO2/c5-4(3-7)6-1-2-8-4/h1-3,6H. The molecule has 1 rings (SSSR count). The van der Waals surface area contributed by atoms with Crippen LogP contribution in [0.1, 0.15) is 0 Å². The lowest BCUT2D eigenvalue weighted by molar-refractivity contribution is -0.118. The first-order valence-corrected chi connectivity index (χ1v) is 2.40. The third-order valence-electron chi connectivity index (χ3n) is 0.739. The van der Waals surface area contributed by atoms with Crippen molar-refractivity contribution < 1.29 is 9.53 Å².